The first-order valence-electron chi connectivity index (χ1n) is 9.11. The van der Waals surface area contributed by atoms with Crippen LogP contribution in [0.2, 0.25) is 0 Å². The lowest BCUT2D eigenvalue weighted by Gasteiger charge is -2.34. The minimum Gasteiger partial charge on any atom is -0.381 e. The number of hydrogen-bond acceptors (Lipinski definition) is 7. The van der Waals surface area contributed by atoms with Crippen molar-refractivity contribution < 1.29 is 22.7 Å². The van der Waals surface area contributed by atoms with Crippen molar-refractivity contribution in [2.45, 2.75) is 40.5 Å². The molecule has 4 rings (SSSR count). The van der Waals surface area contributed by atoms with Gasteiger partial charge >= 0.3 is 0 Å². The number of nitrogens with zero attached hydrogens (tertiary/aromatic N) is 2. The maximum atomic E-state index is 13.2. The van der Waals surface area contributed by atoms with E-state index in [1.807, 2.05) is 0 Å². The van der Waals surface area contributed by atoms with Crippen LogP contribution in [0, 0.1) is 0 Å². The summed E-state index contributed by atoms with van der Waals surface area (Å²) in [5.74, 6) is 0.0361. The summed E-state index contributed by atoms with van der Waals surface area (Å²) in [5.41, 5.74) is 1.08. The number of sulfone groups is 1. The molecule has 28 heavy (non-hydrogen) atoms. The zero-order chi connectivity index (χ0) is 19.9. The number of methoxy groups -OCH3 is 1. The average molecular weight is 423 g/mol. The predicted molar refractivity (Wildman–Crippen MR) is 104 cm³/mol. The van der Waals surface area contributed by atoms with Crippen LogP contribution in [0.5, 0.6) is 0 Å². The topological polar surface area (TPSA) is 85.8 Å². The minimum atomic E-state index is -3.74. The number of amides is 1. The van der Waals surface area contributed by atoms with Crippen molar-refractivity contribution in [2.24, 2.45) is 0 Å². The molecule has 0 aliphatic carbocycles. The van der Waals surface area contributed by atoms with Gasteiger partial charge in [0.25, 0.3) is 0 Å². The highest BCUT2D eigenvalue weighted by Gasteiger charge is 2.38. The van der Waals surface area contributed by atoms with Crippen LogP contribution in [0.25, 0.3) is 0 Å². The van der Waals surface area contributed by atoms with E-state index in [1.54, 1.807) is 43.5 Å². The second kappa shape index (κ2) is 7.22. The summed E-state index contributed by atoms with van der Waals surface area (Å²) in [6.07, 6.45) is 3.87. The molecule has 3 heterocycles. The normalized spacial score (nSPS) is 19.5. The van der Waals surface area contributed by atoms with E-state index in [9.17, 15) is 13.2 Å². The van der Waals surface area contributed by atoms with E-state index >= 15 is 0 Å². The van der Waals surface area contributed by atoms with Crippen molar-refractivity contribution in [3.8, 4) is 0 Å². The Hall–Kier alpha value is -1.81. The molecule has 150 valence electrons. The molecule has 0 radical (unpaired) electrons. The Balaban J connectivity index is 1.68. The molecule has 1 aromatic heterocycles. The molecule has 1 saturated heterocycles. The van der Waals surface area contributed by atoms with Crippen LogP contribution in [0.15, 0.2) is 33.6 Å². The van der Waals surface area contributed by atoms with Crippen LogP contribution < -0.4 is 4.90 Å². The summed E-state index contributed by atoms with van der Waals surface area (Å²) in [5, 5.41) is 0. The Morgan fingerprint density at radius 3 is 2.71 bits per heavy atom. The second-order valence-electron chi connectivity index (χ2n) is 7.05. The van der Waals surface area contributed by atoms with Gasteiger partial charge in [-0.2, -0.15) is 0 Å². The van der Waals surface area contributed by atoms with Crippen molar-refractivity contribution in [3.05, 3.63) is 34.8 Å². The lowest BCUT2D eigenvalue weighted by Crippen LogP contribution is -2.34. The number of hydrogen-bond donors (Lipinski definition) is 0. The molecule has 7 nitrogen and oxygen atoms in total. The zero-order valence-electron chi connectivity index (χ0n) is 15.8. The van der Waals surface area contributed by atoms with E-state index in [1.165, 1.54) is 0 Å². The molecule has 0 atom stereocenters. The van der Waals surface area contributed by atoms with Gasteiger partial charge in [-0.1, -0.05) is 0 Å². The van der Waals surface area contributed by atoms with Crippen LogP contribution in [-0.2, 0) is 36.1 Å². The minimum absolute atomic E-state index is 0.0361. The maximum Gasteiger partial charge on any atom is 0.233 e. The van der Waals surface area contributed by atoms with Crippen LogP contribution >= 0.6 is 11.3 Å². The van der Waals surface area contributed by atoms with Gasteiger partial charge in [0.05, 0.1) is 9.77 Å². The van der Waals surface area contributed by atoms with E-state index in [-0.39, 0.29) is 15.1 Å². The van der Waals surface area contributed by atoms with Gasteiger partial charge < -0.3 is 14.4 Å². The predicted octanol–water partition coefficient (Wildman–Crippen LogP) is 2.54. The largest absolute Gasteiger partial charge is 0.381 e. The third-order valence-electron chi connectivity index (χ3n) is 5.56. The van der Waals surface area contributed by atoms with Gasteiger partial charge in [-0.25, -0.2) is 13.4 Å². The number of ether oxygens (including phenoxy) is 2. The number of aromatic nitrogens is 1. The van der Waals surface area contributed by atoms with Crippen LogP contribution in [-0.4, -0.2) is 46.7 Å². The van der Waals surface area contributed by atoms with Crippen molar-refractivity contribution in [3.63, 3.8) is 0 Å². The number of benzene rings is 1. The lowest BCUT2D eigenvalue weighted by molar-refractivity contribution is -0.118. The Kier molecular flexibility index (Phi) is 5.03. The summed E-state index contributed by atoms with van der Waals surface area (Å²) in [6, 6.07) is 4.91. The molecule has 1 amide bonds. The monoisotopic (exact) mass is 422 g/mol. The van der Waals surface area contributed by atoms with Crippen LogP contribution in [0.4, 0.5) is 5.69 Å². The number of thiazole rings is 1. The summed E-state index contributed by atoms with van der Waals surface area (Å²) in [7, 11) is -0.392. The lowest BCUT2D eigenvalue weighted by atomic mass is 9.93. The molecule has 1 fully saturated rings. The standard InChI is InChI=1S/C19H22N2O5S2/c1-21-15-5-4-14(11-13(15)3-6-17(21)22)28(23,24)18-20-12-16(27-18)19(25-2)7-9-26-10-8-19/h4-5,11-12H,3,6-10H2,1-2H3. The second-order valence-corrected chi connectivity index (χ2v) is 10.2. The first-order chi connectivity index (χ1) is 13.4. The number of aryl methyl sites for hydroxylation is 1. The van der Waals surface area contributed by atoms with Crippen molar-refractivity contribution in [1.82, 2.24) is 4.98 Å². The van der Waals surface area contributed by atoms with Gasteiger partial charge in [0, 0.05) is 58.5 Å². The quantitative estimate of drug-likeness (QED) is 0.753. The van der Waals surface area contributed by atoms with Crippen molar-refractivity contribution in [1.29, 1.82) is 0 Å². The summed E-state index contributed by atoms with van der Waals surface area (Å²) >= 11 is 1.16. The van der Waals surface area contributed by atoms with Gasteiger partial charge in [0.2, 0.25) is 20.1 Å². The number of carbonyl (C=O) groups is 1. The smallest absolute Gasteiger partial charge is 0.233 e. The molecule has 2 aliphatic heterocycles. The van der Waals surface area contributed by atoms with E-state index in [0.29, 0.717) is 38.9 Å². The summed E-state index contributed by atoms with van der Waals surface area (Å²) < 4.78 is 37.5. The molecule has 0 saturated carbocycles. The zero-order valence-corrected chi connectivity index (χ0v) is 17.4. The van der Waals surface area contributed by atoms with Crippen LogP contribution in [0.3, 0.4) is 0 Å². The average Bonchev–Trinajstić information content (AvgIpc) is 3.23. The Morgan fingerprint density at radius 2 is 2.00 bits per heavy atom. The molecule has 9 heteroatoms. The Labute approximate surface area is 168 Å². The number of rotatable bonds is 4. The third-order valence-corrected chi connectivity index (χ3v) is 8.88. The highest BCUT2D eigenvalue weighted by atomic mass is 32.2. The molecule has 2 aromatic rings. The highest BCUT2D eigenvalue weighted by molar-refractivity contribution is 7.93. The van der Waals surface area contributed by atoms with Crippen LogP contribution in [0.1, 0.15) is 29.7 Å². The van der Waals surface area contributed by atoms with Crippen molar-refractivity contribution >= 4 is 32.8 Å². The number of anilines is 1. The first-order valence-corrected chi connectivity index (χ1v) is 11.4. The van der Waals surface area contributed by atoms with E-state index in [4.69, 9.17) is 9.47 Å². The SMILES string of the molecule is COC1(c2cnc(S(=O)(=O)c3ccc4c(c3)CCC(=O)N4C)s2)CCOCC1. The molecule has 0 N–H and O–H groups in total. The maximum absolute atomic E-state index is 13.2. The molecule has 0 spiro atoms. The number of carbonyl (C=O) groups excluding carboxylic acids is 1. The Bertz CT molecular complexity index is 1010. The molecule has 1 aromatic carbocycles. The molecule has 0 bridgehead atoms. The fourth-order valence-electron chi connectivity index (χ4n) is 3.75. The fraction of sp³-hybridized carbons (Fsp3) is 0.474. The van der Waals surface area contributed by atoms with Crippen molar-refractivity contribution in [2.75, 3.05) is 32.3 Å². The van der Waals surface area contributed by atoms with Gasteiger partial charge in [-0.15, -0.1) is 11.3 Å². The third kappa shape index (κ3) is 3.16. The summed E-state index contributed by atoms with van der Waals surface area (Å²) in [4.78, 5) is 18.6. The van der Waals surface area contributed by atoms with E-state index in [2.05, 4.69) is 4.98 Å². The molecule has 0 unspecified atom stereocenters. The highest BCUT2D eigenvalue weighted by Crippen LogP contribution is 2.40. The first kappa shape index (κ1) is 19.5. The van der Waals surface area contributed by atoms with E-state index in [0.717, 1.165) is 27.5 Å². The van der Waals surface area contributed by atoms with Gasteiger partial charge in [-0.05, 0) is 30.2 Å². The summed E-state index contributed by atoms with van der Waals surface area (Å²) in [6.45, 7) is 1.15. The molecule has 2 aliphatic rings. The van der Waals surface area contributed by atoms with Gasteiger partial charge in [0.1, 0.15) is 5.60 Å². The molecular formula is C19H22N2O5S2. The van der Waals surface area contributed by atoms with E-state index < -0.39 is 15.4 Å². The Morgan fingerprint density at radius 1 is 1.25 bits per heavy atom. The molecular weight excluding hydrogens is 400 g/mol. The number of fused-ring (bicyclic) bond motifs is 1. The van der Waals surface area contributed by atoms with Gasteiger partial charge in [-0.3, -0.25) is 4.79 Å². The van der Waals surface area contributed by atoms with Gasteiger partial charge in [0.15, 0.2) is 0 Å². The fourth-order valence-corrected chi connectivity index (χ4v) is 6.55.